The van der Waals surface area contributed by atoms with E-state index in [1.807, 2.05) is 48.9 Å². The average Bonchev–Trinajstić information content (AvgIpc) is 3.65. The molecule has 8 nitrogen and oxygen atoms in total. The van der Waals surface area contributed by atoms with E-state index in [2.05, 4.69) is 59.7 Å². The van der Waals surface area contributed by atoms with Gasteiger partial charge in [0.1, 0.15) is 17.3 Å². The summed E-state index contributed by atoms with van der Waals surface area (Å²) in [6.45, 7) is 1.48. The molecular weight excluding hydrogens is 529 g/mol. The number of hydrogen-bond donors (Lipinski definition) is 3. The van der Waals surface area contributed by atoms with E-state index in [1.165, 1.54) is 24.8 Å². The van der Waals surface area contributed by atoms with E-state index in [1.54, 1.807) is 12.3 Å². The zero-order valence-electron chi connectivity index (χ0n) is 22.7. The van der Waals surface area contributed by atoms with E-state index >= 15 is 0 Å². The molecule has 0 radical (unpaired) electrons. The Morgan fingerprint density at radius 3 is 2.52 bits per heavy atom. The van der Waals surface area contributed by atoms with Crippen molar-refractivity contribution in [2.75, 3.05) is 7.11 Å². The summed E-state index contributed by atoms with van der Waals surface area (Å²) in [6, 6.07) is 23.0. The van der Waals surface area contributed by atoms with Gasteiger partial charge in [0.05, 0.1) is 18.5 Å². The molecule has 42 heavy (non-hydrogen) atoms. The minimum atomic E-state index is -0.388. The number of nitrogens with zero attached hydrogens (tertiary/aromatic N) is 4. The lowest BCUT2D eigenvalue weighted by molar-refractivity contribution is 0.411. The van der Waals surface area contributed by atoms with Crippen molar-refractivity contribution in [3.63, 3.8) is 0 Å². The van der Waals surface area contributed by atoms with Gasteiger partial charge in [-0.2, -0.15) is 5.10 Å². The predicted octanol–water partition coefficient (Wildman–Crippen LogP) is 6.67. The normalized spacial score (nSPS) is 11.4. The highest BCUT2D eigenvalue weighted by molar-refractivity contribution is 6.00. The lowest BCUT2D eigenvalue weighted by Crippen LogP contribution is -2.12. The Morgan fingerprint density at radius 2 is 1.64 bits per heavy atom. The number of ether oxygens (including phenoxy) is 1. The quantitative estimate of drug-likeness (QED) is 0.194. The van der Waals surface area contributed by atoms with Crippen molar-refractivity contribution >= 4 is 21.9 Å². The molecule has 0 aliphatic carbocycles. The molecule has 0 bridgehead atoms. The van der Waals surface area contributed by atoms with Crippen molar-refractivity contribution in [1.82, 2.24) is 35.5 Å². The van der Waals surface area contributed by atoms with Crippen LogP contribution in [0, 0.1) is 5.82 Å². The fourth-order valence-electron chi connectivity index (χ4n) is 5.18. The molecule has 0 saturated carbocycles. The number of pyridine rings is 3. The molecule has 0 spiro atoms. The number of fused-ring (bicyclic) bond motifs is 2. The van der Waals surface area contributed by atoms with Crippen molar-refractivity contribution in [2.24, 2.45) is 0 Å². The van der Waals surface area contributed by atoms with Crippen LogP contribution in [0.15, 0.2) is 97.6 Å². The van der Waals surface area contributed by atoms with E-state index in [0.717, 1.165) is 50.9 Å². The van der Waals surface area contributed by atoms with Gasteiger partial charge in [0.25, 0.3) is 0 Å². The van der Waals surface area contributed by atoms with Crippen molar-refractivity contribution in [3.8, 4) is 39.5 Å². The number of nitrogens with one attached hydrogen (secondary N) is 3. The third-order valence-corrected chi connectivity index (χ3v) is 7.23. The summed E-state index contributed by atoms with van der Waals surface area (Å²) in [5.74, 6) is 0.0448. The van der Waals surface area contributed by atoms with Crippen LogP contribution in [0.3, 0.4) is 0 Å². The molecule has 5 aromatic heterocycles. The Balaban J connectivity index is 1.21. The molecule has 0 saturated heterocycles. The van der Waals surface area contributed by atoms with Gasteiger partial charge >= 0.3 is 0 Å². The van der Waals surface area contributed by atoms with Crippen LogP contribution in [-0.2, 0) is 13.1 Å². The third-order valence-electron chi connectivity index (χ3n) is 7.23. The second-order valence-corrected chi connectivity index (χ2v) is 10.0. The number of methoxy groups -OCH3 is 1. The maximum atomic E-state index is 14.3. The van der Waals surface area contributed by atoms with E-state index in [0.29, 0.717) is 29.2 Å². The molecule has 5 heterocycles. The SMILES string of the molecule is COc1cc(F)cc(-c2nccc3[nH]c(-c4n[nH]c5ncc(-c6cncc(CNCc7ccccc7)c6)cc45)cc23)c1. The average molecular weight is 556 g/mol. The monoisotopic (exact) mass is 555 g/mol. The van der Waals surface area contributed by atoms with Crippen LogP contribution in [0.25, 0.3) is 55.7 Å². The number of aromatic nitrogens is 6. The number of H-pyrrole nitrogens is 2. The second kappa shape index (κ2) is 10.9. The lowest BCUT2D eigenvalue weighted by Gasteiger charge is -2.07. The van der Waals surface area contributed by atoms with Crippen LogP contribution in [-0.4, -0.2) is 37.2 Å². The molecular formula is C33H26FN7O. The molecule has 0 aliphatic heterocycles. The first-order valence-corrected chi connectivity index (χ1v) is 13.5. The van der Waals surface area contributed by atoms with Crippen LogP contribution in [0.2, 0.25) is 0 Å². The topological polar surface area (TPSA) is 104 Å². The van der Waals surface area contributed by atoms with Gasteiger partial charge in [-0.15, -0.1) is 0 Å². The van der Waals surface area contributed by atoms with Gasteiger partial charge in [0, 0.05) is 76.9 Å². The molecule has 0 atom stereocenters. The summed E-state index contributed by atoms with van der Waals surface area (Å²) in [4.78, 5) is 17.1. The molecule has 9 heteroatoms. The summed E-state index contributed by atoms with van der Waals surface area (Å²) >= 11 is 0. The van der Waals surface area contributed by atoms with Gasteiger partial charge < -0.3 is 15.0 Å². The van der Waals surface area contributed by atoms with E-state index in [-0.39, 0.29) is 5.82 Å². The maximum Gasteiger partial charge on any atom is 0.155 e. The highest BCUT2D eigenvalue weighted by Gasteiger charge is 2.16. The summed E-state index contributed by atoms with van der Waals surface area (Å²) in [5.41, 5.74) is 8.57. The molecule has 0 aliphatic rings. The summed E-state index contributed by atoms with van der Waals surface area (Å²) in [6.07, 6.45) is 7.25. The zero-order chi connectivity index (χ0) is 28.5. The molecule has 7 rings (SSSR count). The van der Waals surface area contributed by atoms with Gasteiger partial charge in [-0.3, -0.25) is 15.1 Å². The number of benzene rings is 2. The van der Waals surface area contributed by atoms with E-state index in [9.17, 15) is 4.39 Å². The third kappa shape index (κ3) is 4.97. The summed E-state index contributed by atoms with van der Waals surface area (Å²) < 4.78 is 19.6. The van der Waals surface area contributed by atoms with Gasteiger partial charge in [-0.25, -0.2) is 9.37 Å². The van der Waals surface area contributed by atoms with Crippen molar-refractivity contribution in [3.05, 3.63) is 115 Å². The van der Waals surface area contributed by atoms with Crippen molar-refractivity contribution < 1.29 is 9.13 Å². The molecule has 0 unspecified atom stereocenters. The number of rotatable bonds is 8. The number of hydrogen-bond acceptors (Lipinski definition) is 6. The first-order chi connectivity index (χ1) is 20.6. The molecule has 206 valence electrons. The summed E-state index contributed by atoms with van der Waals surface area (Å²) in [7, 11) is 1.52. The Hall–Kier alpha value is -5.41. The molecule has 7 aromatic rings. The van der Waals surface area contributed by atoms with Gasteiger partial charge in [-0.1, -0.05) is 30.3 Å². The molecule has 0 fully saturated rings. The van der Waals surface area contributed by atoms with Crippen LogP contribution < -0.4 is 10.1 Å². The molecule has 0 amide bonds. The smallest absolute Gasteiger partial charge is 0.155 e. The largest absolute Gasteiger partial charge is 0.497 e. The summed E-state index contributed by atoms with van der Waals surface area (Å²) in [5, 5.41) is 12.8. The minimum absolute atomic E-state index is 0.388. The first kappa shape index (κ1) is 25.6. The first-order valence-electron chi connectivity index (χ1n) is 13.5. The highest BCUT2D eigenvalue weighted by atomic mass is 19.1. The minimum Gasteiger partial charge on any atom is -0.497 e. The van der Waals surface area contributed by atoms with E-state index < -0.39 is 0 Å². The van der Waals surface area contributed by atoms with Crippen molar-refractivity contribution in [1.29, 1.82) is 0 Å². The van der Waals surface area contributed by atoms with Crippen LogP contribution in [0.5, 0.6) is 5.75 Å². The predicted molar refractivity (Wildman–Crippen MR) is 161 cm³/mol. The van der Waals surface area contributed by atoms with Crippen LogP contribution in [0.4, 0.5) is 4.39 Å². The Morgan fingerprint density at radius 1 is 0.786 bits per heavy atom. The van der Waals surface area contributed by atoms with Gasteiger partial charge in [-0.05, 0) is 47.5 Å². The highest BCUT2D eigenvalue weighted by Crippen LogP contribution is 2.35. The lowest BCUT2D eigenvalue weighted by atomic mass is 10.1. The molecule has 2 aromatic carbocycles. The Kier molecular flexibility index (Phi) is 6.61. The van der Waals surface area contributed by atoms with Crippen LogP contribution in [0.1, 0.15) is 11.1 Å². The zero-order valence-corrected chi connectivity index (χ0v) is 22.7. The standard InChI is InChI=1S/C33H26FN7O/c1-42-26-11-22(10-25(34)13-26)31-27-14-30(39-29(27)7-8-37-31)32-28-12-24(19-38-33(28)41-40-32)23-9-21(17-36-18-23)16-35-15-20-5-3-2-4-6-20/h2-14,17-19,35,39H,15-16H2,1H3,(H,38,40,41). The fraction of sp³-hybridized carbons (Fsp3) is 0.0909. The Bertz CT molecular complexity index is 2030. The maximum absolute atomic E-state index is 14.3. The van der Waals surface area contributed by atoms with Crippen LogP contribution >= 0.6 is 0 Å². The van der Waals surface area contributed by atoms with Crippen molar-refractivity contribution in [2.45, 2.75) is 13.1 Å². The molecule has 3 N–H and O–H groups in total. The van der Waals surface area contributed by atoms with Gasteiger partial charge in [0.2, 0.25) is 0 Å². The second-order valence-electron chi connectivity index (χ2n) is 10.0. The number of aromatic amines is 2. The van der Waals surface area contributed by atoms with Gasteiger partial charge in [0.15, 0.2) is 5.65 Å². The number of halogens is 1. The fourth-order valence-corrected chi connectivity index (χ4v) is 5.18. The Labute approximate surface area is 240 Å². The van der Waals surface area contributed by atoms with E-state index in [4.69, 9.17) is 4.74 Å².